The number of rotatable bonds is 4. The lowest BCUT2D eigenvalue weighted by Gasteiger charge is -2.14. The summed E-state index contributed by atoms with van der Waals surface area (Å²) in [4.78, 5) is 24.5. The molecule has 0 saturated heterocycles. The van der Waals surface area contributed by atoms with Gasteiger partial charge in [-0.15, -0.1) is 0 Å². The molecule has 0 saturated carbocycles. The van der Waals surface area contributed by atoms with Crippen LogP contribution in [0.4, 0.5) is 0 Å². The summed E-state index contributed by atoms with van der Waals surface area (Å²) in [6.45, 7) is 7.49. The van der Waals surface area contributed by atoms with Crippen LogP contribution in [0.2, 0.25) is 5.02 Å². The van der Waals surface area contributed by atoms with Crippen molar-refractivity contribution in [2.24, 2.45) is 0 Å². The Bertz CT molecular complexity index is 735. The summed E-state index contributed by atoms with van der Waals surface area (Å²) in [5, 5.41) is 0.541. The van der Waals surface area contributed by atoms with Crippen molar-refractivity contribution < 1.29 is 14.3 Å². The molecule has 0 radical (unpaired) electrons. The smallest absolute Gasteiger partial charge is 0.338 e. The minimum absolute atomic E-state index is 0.186. The van der Waals surface area contributed by atoms with Crippen molar-refractivity contribution in [3.8, 4) is 0 Å². The fraction of sp³-hybridized carbons (Fsp3) is 0.263. The quantitative estimate of drug-likeness (QED) is 0.607. The molecule has 0 unspecified atom stereocenters. The zero-order valence-electron chi connectivity index (χ0n) is 13.7. The molecule has 4 heteroatoms. The summed E-state index contributed by atoms with van der Waals surface area (Å²) >= 11 is 5.78. The molecular formula is C19H19ClO3. The molecule has 0 aliphatic carbocycles. The van der Waals surface area contributed by atoms with Crippen molar-refractivity contribution in [2.45, 2.75) is 27.7 Å². The Labute approximate surface area is 141 Å². The minimum Gasteiger partial charge on any atom is -0.454 e. The molecule has 0 aliphatic heterocycles. The Morgan fingerprint density at radius 3 is 2.00 bits per heavy atom. The predicted molar refractivity (Wildman–Crippen MR) is 91.5 cm³/mol. The molecule has 2 rings (SSSR count). The average molecular weight is 331 g/mol. The number of Topliss-reactive ketones (excluding diaryl/α,β-unsaturated/α-hetero) is 1. The van der Waals surface area contributed by atoms with E-state index in [4.69, 9.17) is 16.3 Å². The third-order valence-corrected chi connectivity index (χ3v) is 4.31. The number of halogens is 1. The first-order valence-electron chi connectivity index (χ1n) is 7.34. The van der Waals surface area contributed by atoms with E-state index in [1.54, 1.807) is 24.3 Å². The number of hydrogen-bond acceptors (Lipinski definition) is 3. The maximum atomic E-state index is 12.5. The van der Waals surface area contributed by atoms with Crippen LogP contribution in [0.5, 0.6) is 0 Å². The van der Waals surface area contributed by atoms with Gasteiger partial charge < -0.3 is 4.74 Å². The van der Waals surface area contributed by atoms with E-state index in [1.165, 1.54) is 0 Å². The topological polar surface area (TPSA) is 43.4 Å². The number of carbonyl (C=O) groups excluding carboxylic acids is 2. The highest BCUT2D eigenvalue weighted by Crippen LogP contribution is 2.22. The number of carbonyl (C=O) groups is 2. The lowest BCUT2D eigenvalue weighted by Crippen LogP contribution is -2.17. The van der Waals surface area contributed by atoms with Gasteiger partial charge in [-0.3, -0.25) is 4.79 Å². The van der Waals surface area contributed by atoms with E-state index in [0.29, 0.717) is 16.1 Å². The Kier molecular flexibility index (Phi) is 5.22. The lowest BCUT2D eigenvalue weighted by molar-refractivity contribution is 0.0474. The molecule has 2 aromatic rings. The number of hydrogen-bond donors (Lipinski definition) is 0. The standard InChI is InChI=1S/C19H19ClO3/c1-11-9-12(2)14(4)18(13(11)3)17(21)10-23-19(22)15-5-7-16(20)8-6-15/h5-9H,10H2,1-4H3. The van der Waals surface area contributed by atoms with Crippen LogP contribution in [-0.4, -0.2) is 18.4 Å². The van der Waals surface area contributed by atoms with Crippen LogP contribution < -0.4 is 0 Å². The maximum Gasteiger partial charge on any atom is 0.338 e. The van der Waals surface area contributed by atoms with Gasteiger partial charge in [-0.25, -0.2) is 4.79 Å². The molecule has 0 aliphatic rings. The van der Waals surface area contributed by atoms with Crippen LogP contribution >= 0.6 is 11.6 Å². The molecular weight excluding hydrogens is 312 g/mol. The van der Waals surface area contributed by atoms with Crippen LogP contribution in [0, 0.1) is 27.7 Å². The number of benzene rings is 2. The summed E-state index contributed by atoms with van der Waals surface area (Å²) < 4.78 is 5.14. The van der Waals surface area contributed by atoms with Gasteiger partial charge in [0.25, 0.3) is 0 Å². The van der Waals surface area contributed by atoms with E-state index in [1.807, 2.05) is 27.7 Å². The molecule has 120 valence electrons. The predicted octanol–water partition coefficient (Wildman–Crippen LogP) is 4.61. The van der Waals surface area contributed by atoms with Crippen molar-refractivity contribution in [2.75, 3.05) is 6.61 Å². The molecule has 0 N–H and O–H groups in total. The van der Waals surface area contributed by atoms with Crippen LogP contribution in [0.3, 0.4) is 0 Å². The van der Waals surface area contributed by atoms with Gasteiger partial charge in [-0.05, 0) is 74.2 Å². The Hall–Kier alpha value is -2.13. The molecule has 0 fully saturated rings. The molecule has 0 spiro atoms. The number of ether oxygens (including phenoxy) is 1. The SMILES string of the molecule is Cc1cc(C)c(C)c(C(=O)COC(=O)c2ccc(Cl)cc2)c1C. The summed E-state index contributed by atoms with van der Waals surface area (Å²) in [6.07, 6.45) is 0. The minimum atomic E-state index is -0.533. The third kappa shape index (κ3) is 3.80. The van der Waals surface area contributed by atoms with E-state index >= 15 is 0 Å². The highest BCUT2D eigenvalue weighted by atomic mass is 35.5. The van der Waals surface area contributed by atoms with E-state index < -0.39 is 5.97 Å². The van der Waals surface area contributed by atoms with E-state index in [9.17, 15) is 9.59 Å². The van der Waals surface area contributed by atoms with Crippen molar-refractivity contribution >= 4 is 23.4 Å². The van der Waals surface area contributed by atoms with Crippen molar-refractivity contribution in [1.82, 2.24) is 0 Å². The number of ketones is 1. The number of esters is 1. The number of aryl methyl sites for hydroxylation is 2. The molecule has 0 aromatic heterocycles. The first-order valence-corrected chi connectivity index (χ1v) is 7.72. The van der Waals surface area contributed by atoms with Crippen molar-refractivity contribution in [3.05, 3.63) is 68.7 Å². The second kappa shape index (κ2) is 6.97. The molecule has 2 aromatic carbocycles. The van der Waals surface area contributed by atoms with Gasteiger partial charge in [0.15, 0.2) is 6.61 Å². The van der Waals surface area contributed by atoms with Crippen molar-refractivity contribution in [3.63, 3.8) is 0 Å². The fourth-order valence-electron chi connectivity index (χ4n) is 2.51. The van der Waals surface area contributed by atoms with Gasteiger partial charge in [0.1, 0.15) is 0 Å². The maximum absolute atomic E-state index is 12.5. The zero-order chi connectivity index (χ0) is 17.1. The second-order valence-electron chi connectivity index (χ2n) is 5.64. The zero-order valence-corrected chi connectivity index (χ0v) is 14.5. The lowest BCUT2D eigenvalue weighted by atomic mass is 9.92. The molecule has 0 heterocycles. The van der Waals surface area contributed by atoms with Gasteiger partial charge in [-0.1, -0.05) is 17.7 Å². The van der Waals surface area contributed by atoms with Gasteiger partial charge in [-0.2, -0.15) is 0 Å². The fourth-order valence-corrected chi connectivity index (χ4v) is 2.63. The first-order chi connectivity index (χ1) is 10.8. The van der Waals surface area contributed by atoms with Gasteiger partial charge in [0.05, 0.1) is 5.56 Å². The molecule has 0 bridgehead atoms. The molecule has 0 atom stereocenters. The van der Waals surface area contributed by atoms with E-state index in [2.05, 4.69) is 6.07 Å². The third-order valence-electron chi connectivity index (χ3n) is 4.06. The van der Waals surface area contributed by atoms with Gasteiger partial charge in [0.2, 0.25) is 5.78 Å². The van der Waals surface area contributed by atoms with Crippen LogP contribution in [0.1, 0.15) is 43.0 Å². The normalized spacial score (nSPS) is 10.5. The largest absolute Gasteiger partial charge is 0.454 e. The monoisotopic (exact) mass is 330 g/mol. The Balaban J connectivity index is 2.14. The summed E-state index contributed by atoms with van der Waals surface area (Å²) in [6, 6.07) is 8.42. The molecule has 23 heavy (non-hydrogen) atoms. The highest BCUT2D eigenvalue weighted by molar-refractivity contribution is 6.30. The van der Waals surface area contributed by atoms with E-state index in [0.717, 1.165) is 22.3 Å². The Morgan fingerprint density at radius 1 is 0.957 bits per heavy atom. The van der Waals surface area contributed by atoms with E-state index in [-0.39, 0.29) is 12.4 Å². The Morgan fingerprint density at radius 2 is 1.48 bits per heavy atom. The summed E-state index contributed by atoms with van der Waals surface area (Å²) in [5.41, 5.74) is 4.99. The summed E-state index contributed by atoms with van der Waals surface area (Å²) in [7, 11) is 0. The highest BCUT2D eigenvalue weighted by Gasteiger charge is 2.18. The van der Waals surface area contributed by atoms with Crippen LogP contribution in [0.15, 0.2) is 30.3 Å². The van der Waals surface area contributed by atoms with Crippen molar-refractivity contribution in [1.29, 1.82) is 0 Å². The van der Waals surface area contributed by atoms with Crippen LogP contribution in [-0.2, 0) is 4.74 Å². The average Bonchev–Trinajstić information content (AvgIpc) is 2.51. The summed E-state index contributed by atoms with van der Waals surface area (Å²) in [5.74, 6) is -0.719. The second-order valence-corrected chi connectivity index (χ2v) is 6.08. The molecule has 0 amide bonds. The van der Waals surface area contributed by atoms with Crippen LogP contribution in [0.25, 0.3) is 0 Å². The van der Waals surface area contributed by atoms with Gasteiger partial charge in [0, 0.05) is 10.6 Å². The molecule has 3 nitrogen and oxygen atoms in total. The van der Waals surface area contributed by atoms with Gasteiger partial charge >= 0.3 is 5.97 Å². The first kappa shape index (κ1) is 17.2.